The van der Waals surface area contributed by atoms with Crippen LogP contribution in [0.5, 0.6) is 5.75 Å². The number of esters is 1. The highest BCUT2D eigenvalue weighted by atomic mass is 79.9. The highest BCUT2D eigenvalue weighted by Crippen LogP contribution is 2.28. The average molecular weight is 379 g/mol. The maximum absolute atomic E-state index is 12.1. The molecule has 1 aromatic rings. The lowest BCUT2D eigenvalue weighted by molar-refractivity contribution is -0.150. The second kappa shape index (κ2) is 8.24. The Morgan fingerprint density at radius 1 is 1.43 bits per heavy atom. The SMILES string of the molecule is CCOC(=O)CN(C)C(=O)C(C)Oc1ccc(Cl)cc1Br. The molecule has 1 amide bonds. The number of halogens is 2. The lowest BCUT2D eigenvalue weighted by atomic mass is 10.3. The molecular formula is C14H17BrClNO4. The minimum Gasteiger partial charge on any atom is -0.480 e. The van der Waals surface area contributed by atoms with E-state index in [1.807, 2.05) is 0 Å². The molecule has 0 bridgehead atoms. The van der Waals surface area contributed by atoms with E-state index in [0.29, 0.717) is 15.2 Å². The molecule has 7 heteroatoms. The molecule has 0 N–H and O–H groups in total. The first-order chi connectivity index (χ1) is 9.85. The molecule has 0 aliphatic heterocycles. The summed E-state index contributed by atoms with van der Waals surface area (Å²) in [7, 11) is 1.52. The number of hydrogen-bond donors (Lipinski definition) is 0. The van der Waals surface area contributed by atoms with E-state index in [-0.39, 0.29) is 19.1 Å². The first-order valence-electron chi connectivity index (χ1n) is 6.37. The van der Waals surface area contributed by atoms with E-state index in [4.69, 9.17) is 21.1 Å². The monoisotopic (exact) mass is 377 g/mol. The van der Waals surface area contributed by atoms with Crippen molar-refractivity contribution in [2.45, 2.75) is 20.0 Å². The van der Waals surface area contributed by atoms with Gasteiger partial charge >= 0.3 is 5.97 Å². The van der Waals surface area contributed by atoms with Gasteiger partial charge in [0.1, 0.15) is 12.3 Å². The Bertz CT molecular complexity index is 524. The van der Waals surface area contributed by atoms with Gasteiger partial charge in [-0.3, -0.25) is 9.59 Å². The largest absolute Gasteiger partial charge is 0.480 e. The van der Waals surface area contributed by atoms with Crippen LogP contribution in [0.25, 0.3) is 0 Å². The fourth-order valence-electron chi connectivity index (χ4n) is 1.60. The average Bonchev–Trinajstić information content (AvgIpc) is 2.41. The van der Waals surface area contributed by atoms with Crippen LogP contribution in [0.3, 0.4) is 0 Å². The van der Waals surface area contributed by atoms with Crippen LogP contribution in [0.1, 0.15) is 13.8 Å². The zero-order valence-corrected chi connectivity index (χ0v) is 14.4. The Kier molecular flexibility index (Phi) is 6.98. The summed E-state index contributed by atoms with van der Waals surface area (Å²) in [5.74, 6) is -0.261. The number of amides is 1. The second-order valence-electron chi connectivity index (χ2n) is 4.33. The van der Waals surface area contributed by atoms with Gasteiger partial charge < -0.3 is 14.4 Å². The second-order valence-corrected chi connectivity index (χ2v) is 5.62. The summed E-state index contributed by atoms with van der Waals surface area (Å²) in [6.07, 6.45) is -0.734. The molecule has 5 nitrogen and oxygen atoms in total. The van der Waals surface area contributed by atoms with Crippen molar-refractivity contribution in [1.82, 2.24) is 4.90 Å². The van der Waals surface area contributed by atoms with E-state index in [1.54, 1.807) is 32.0 Å². The van der Waals surface area contributed by atoms with E-state index < -0.39 is 12.1 Å². The summed E-state index contributed by atoms with van der Waals surface area (Å²) in [6.45, 7) is 3.50. The third kappa shape index (κ3) is 5.55. The Balaban J connectivity index is 2.63. The van der Waals surface area contributed by atoms with Crippen molar-refractivity contribution < 1.29 is 19.1 Å². The molecule has 0 aliphatic carbocycles. The van der Waals surface area contributed by atoms with Gasteiger partial charge in [0.25, 0.3) is 5.91 Å². The first-order valence-corrected chi connectivity index (χ1v) is 7.54. The number of carbonyl (C=O) groups excluding carboxylic acids is 2. The fourth-order valence-corrected chi connectivity index (χ4v) is 2.38. The number of nitrogens with zero attached hydrogens (tertiary/aromatic N) is 1. The minimum absolute atomic E-state index is 0.109. The van der Waals surface area contributed by atoms with E-state index in [2.05, 4.69) is 15.9 Å². The molecule has 0 aromatic heterocycles. The molecule has 1 unspecified atom stereocenters. The van der Waals surface area contributed by atoms with Crippen LogP contribution in [0, 0.1) is 0 Å². The van der Waals surface area contributed by atoms with Crippen molar-refractivity contribution in [1.29, 1.82) is 0 Å². The highest BCUT2D eigenvalue weighted by molar-refractivity contribution is 9.10. The van der Waals surface area contributed by atoms with Crippen LogP contribution >= 0.6 is 27.5 Å². The van der Waals surface area contributed by atoms with Crippen LogP contribution in [0.15, 0.2) is 22.7 Å². The quantitative estimate of drug-likeness (QED) is 0.714. The molecule has 0 heterocycles. The van der Waals surface area contributed by atoms with Crippen molar-refractivity contribution in [3.05, 3.63) is 27.7 Å². The molecule has 1 atom stereocenters. The summed E-state index contributed by atoms with van der Waals surface area (Å²) in [5, 5.41) is 0.563. The lowest BCUT2D eigenvalue weighted by Gasteiger charge is -2.21. The van der Waals surface area contributed by atoms with Crippen LogP contribution in [-0.4, -0.2) is 43.1 Å². The number of likely N-dealkylation sites (N-methyl/N-ethyl adjacent to an activating group) is 1. The van der Waals surface area contributed by atoms with Gasteiger partial charge in [0.2, 0.25) is 0 Å². The molecule has 0 radical (unpaired) electrons. The zero-order valence-electron chi connectivity index (χ0n) is 12.1. The number of hydrogen-bond acceptors (Lipinski definition) is 4. The molecule has 116 valence electrons. The molecule has 0 saturated heterocycles. The van der Waals surface area contributed by atoms with Gasteiger partial charge in [0, 0.05) is 12.1 Å². The maximum atomic E-state index is 12.1. The molecule has 0 aliphatic rings. The van der Waals surface area contributed by atoms with Gasteiger partial charge in [0.05, 0.1) is 11.1 Å². The van der Waals surface area contributed by atoms with Gasteiger partial charge in [-0.15, -0.1) is 0 Å². The van der Waals surface area contributed by atoms with Crippen LogP contribution in [0.4, 0.5) is 0 Å². The number of carbonyl (C=O) groups is 2. The lowest BCUT2D eigenvalue weighted by Crippen LogP contribution is -2.41. The zero-order chi connectivity index (χ0) is 16.0. The summed E-state index contributed by atoms with van der Waals surface area (Å²) >= 11 is 9.16. The number of benzene rings is 1. The fraction of sp³-hybridized carbons (Fsp3) is 0.429. The predicted octanol–water partition coefficient (Wildman–Crippen LogP) is 2.89. The third-order valence-corrected chi connectivity index (χ3v) is 3.45. The minimum atomic E-state index is -0.734. The summed E-state index contributed by atoms with van der Waals surface area (Å²) in [4.78, 5) is 24.7. The summed E-state index contributed by atoms with van der Waals surface area (Å²) < 4.78 is 11.0. The maximum Gasteiger partial charge on any atom is 0.325 e. The topological polar surface area (TPSA) is 55.8 Å². The molecule has 1 rings (SSSR count). The Morgan fingerprint density at radius 2 is 2.10 bits per heavy atom. The molecule has 21 heavy (non-hydrogen) atoms. The van der Waals surface area contributed by atoms with Crippen LogP contribution in [-0.2, 0) is 14.3 Å². The normalized spacial score (nSPS) is 11.7. The molecule has 0 spiro atoms. The third-order valence-electron chi connectivity index (χ3n) is 2.59. The van der Waals surface area contributed by atoms with Gasteiger partial charge in [-0.05, 0) is 48.0 Å². The van der Waals surface area contributed by atoms with E-state index in [0.717, 1.165) is 0 Å². The van der Waals surface area contributed by atoms with Crippen molar-refractivity contribution >= 4 is 39.4 Å². The van der Waals surface area contributed by atoms with E-state index in [9.17, 15) is 9.59 Å². The Morgan fingerprint density at radius 3 is 2.67 bits per heavy atom. The summed E-state index contributed by atoms with van der Waals surface area (Å²) in [5.41, 5.74) is 0. The predicted molar refractivity (Wildman–Crippen MR) is 83.5 cm³/mol. The van der Waals surface area contributed by atoms with Crippen molar-refractivity contribution in [2.75, 3.05) is 20.2 Å². The number of ether oxygens (including phenoxy) is 2. The Hall–Kier alpha value is -1.27. The first kappa shape index (κ1) is 17.8. The van der Waals surface area contributed by atoms with Gasteiger partial charge in [-0.25, -0.2) is 0 Å². The van der Waals surface area contributed by atoms with E-state index in [1.165, 1.54) is 11.9 Å². The smallest absolute Gasteiger partial charge is 0.325 e. The van der Waals surface area contributed by atoms with Crippen LogP contribution < -0.4 is 4.74 Å². The molecule has 1 aromatic carbocycles. The standard InChI is InChI=1S/C14H17BrClNO4/c1-4-20-13(18)8-17(3)14(19)9(2)21-12-6-5-10(16)7-11(12)15/h5-7,9H,4,8H2,1-3H3. The summed E-state index contributed by atoms with van der Waals surface area (Å²) in [6, 6.07) is 5.01. The van der Waals surface area contributed by atoms with Crippen molar-refractivity contribution in [2.24, 2.45) is 0 Å². The van der Waals surface area contributed by atoms with Gasteiger partial charge in [-0.1, -0.05) is 11.6 Å². The van der Waals surface area contributed by atoms with Crippen LogP contribution in [0.2, 0.25) is 5.02 Å². The molecular weight excluding hydrogens is 362 g/mol. The molecule has 0 saturated carbocycles. The van der Waals surface area contributed by atoms with Crippen molar-refractivity contribution in [3.8, 4) is 5.75 Å². The number of rotatable bonds is 6. The van der Waals surface area contributed by atoms with Crippen molar-refractivity contribution in [3.63, 3.8) is 0 Å². The van der Waals surface area contributed by atoms with Gasteiger partial charge in [0.15, 0.2) is 6.10 Å². The molecule has 0 fully saturated rings. The Labute approximate surface area is 137 Å². The van der Waals surface area contributed by atoms with Gasteiger partial charge in [-0.2, -0.15) is 0 Å². The highest BCUT2D eigenvalue weighted by Gasteiger charge is 2.22. The van der Waals surface area contributed by atoms with E-state index >= 15 is 0 Å².